The fraction of sp³-hybridized carbons (Fsp3) is 0.500. The third kappa shape index (κ3) is 3.70. The van der Waals surface area contributed by atoms with Gasteiger partial charge in [-0.2, -0.15) is 0 Å². The number of aromatic hydroxyl groups is 1. The molecule has 1 amide bonds. The fourth-order valence-corrected chi connectivity index (χ4v) is 7.27. The molecule has 3 aliphatic carbocycles. The smallest absolute Gasteiger partial charge is 0.235 e. The van der Waals surface area contributed by atoms with Crippen molar-refractivity contribution in [1.29, 1.82) is 0 Å². The van der Waals surface area contributed by atoms with Crippen LogP contribution in [0.15, 0.2) is 6.07 Å². The third-order valence-electron chi connectivity index (χ3n) is 7.36. The van der Waals surface area contributed by atoms with Gasteiger partial charge in [0.1, 0.15) is 5.75 Å². The Bertz CT molecular complexity index is 1230. The highest BCUT2D eigenvalue weighted by molar-refractivity contribution is 14.1. The molecule has 7 atom stereocenters. The van der Waals surface area contributed by atoms with Crippen LogP contribution in [0.2, 0.25) is 0 Å². The van der Waals surface area contributed by atoms with Gasteiger partial charge in [0.2, 0.25) is 5.91 Å². The van der Waals surface area contributed by atoms with Crippen molar-refractivity contribution in [3.63, 3.8) is 0 Å². The number of hydrogen-bond donors (Lipinski definition) is 4. The lowest BCUT2D eigenvalue weighted by Gasteiger charge is -2.52. The summed E-state index contributed by atoms with van der Waals surface area (Å²) in [4.78, 5) is 66.9. The van der Waals surface area contributed by atoms with E-state index in [2.05, 4.69) is 0 Å². The molecular formula is C22H23IN2O9S. The van der Waals surface area contributed by atoms with E-state index in [1.165, 1.54) is 25.1 Å². The summed E-state index contributed by atoms with van der Waals surface area (Å²) >= 11 is -0.370. The number of carbonyl (C=O) groups excluding carboxylic acids is 5. The zero-order valence-corrected chi connectivity index (χ0v) is 21.7. The van der Waals surface area contributed by atoms with E-state index in [0.717, 1.165) is 0 Å². The van der Waals surface area contributed by atoms with Gasteiger partial charge in [-0.3, -0.25) is 28.9 Å². The second-order valence-corrected chi connectivity index (χ2v) is 11.6. The van der Waals surface area contributed by atoms with Crippen molar-refractivity contribution >= 4 is 62.7 Å². The quantitative estimate of drug-likeness (QED) is 0.189. The normalized spacial score (nSPS) is 33.3. The summed E-state index contributed by atoms with van der Waals surface area (Å²) in [7, 11) is 3.03. The first kappa shape index (κ1) is 26.0. The molecular weight excluding hydrogens is 595 g/mol. The number of Topliss-reactive ketones (excluding diaryl/α,β-unsaturated/α-hetero) is 4. The summed E-state index contributed by atoms with van der Waals surface area (Å²) in [5, 5.41) is 22.3. The first-order valence-corrected chi connectivity index (χ1v) is 13.0. The van der Waals surface area contributed by atoms with Crippen LogP contribution in [-0.2, 0) is 42.4 Å². The van der Waals surface area contributed by atoms with Gasteiger partial charge in [-0.1, -0.05) is 0 Å². The lowest BCUT2D eigenvalue weighted by Crippen LogP contribution is -2.74. The molecule has 0 aromatic heterocycles. The molecule has 2 saturated carbocycles. The minimum atomic E-state index is -2.79. The highest BCUT2D eigenvalue weighted by atomic mass is 127. The number of benzene rings is 1. The minimum Gasteiger partial charge on any atom is -0.507 e. The summed E-state index contributed by atoms with van der Waals surface area (Å²) in [6.07, 6.45) is 0.101. The molecule has 1 aromatic rings. The van der Waals surface area contributed by atoms with Gasteiger partial charge < -0.3 is 20.5 Å². The summed E-state index contributed by atoms with van der Waals surface area (Å²) < 4.78 is 21.1. The molecule has 3 aliphatic rings. The standard InChI is InChI=1S/C22H23IN2O9S/c1-25(2)15-10-4-7-3-9-11(23)5-8(6-35(33)34)16(26)13(9)17(27)12(7)19(29)22(10,32)20(30)14(18(15)28)21(24)31/h5,7,10,12,14-15,26,32H,3-4,6H2,1-2H3,(H2,24,31)(H,33,34)/t7-,10-,12?,14?,15-,22-/m0/s1. The summed E-state index contributed by atoms with van der Waals surface area (Å²) in [6, 6.07) is 0.330. The molecule has 188 valence electrons. The maximum Gasteiger partial charge on any atom is 0.235 e. The van der Waals surface area contributed by atoms with Gasteiger partial charge in [0, 0.05) is 15.1 Å². The third-order valence-corrected chi connectivity index (χ3v) is 8.89. The Balaban J connectivity index is 1.87. The number of amides is 1. The number of phenolic OH excluding ortho intramolecular Hbond substituents is 1. The highest BCUT2D eigenvalue weighted by Crippen LogP contribution is 2.51. The number of aliphatic hydroxyl groups is 1. The van der Waals surface area contributed by atoms with E-state index >= 15 is 0 Å². The Kier molecular flexibility index (Phi) is 6.54. The van der Waals surface area contributed by atoms with Gasteiger partial charge in [0.25, 0.3) is 0 Å². The van der Waals surface area contributed by atoms with Crippen molar-refractivity contribution < 1.29 is 42.9 Å². The number of halogens is 1. The van der Waals surface area contributed by atoms with Crippen LogP contribution in [0.1, 0.15) is 27.9 Å². The van der Waals surface area contributed by atoms with E-state index in [1.807, 2.05) is 22.6 Å². The molecule has 11 nitrogen and oxygen atoms in total. The number of likely N-dealkylation sites (N-methyl/N-ethyl adjacent to an activating group) is 1. The van der Waals surface area contributed by atoms with Crippen molar-refractivity contribution in [2.75, 3.05) is 14.1 Å². The maximum atomic E-state index is 13.7. The molecule has 0 radical (unpaired) electrons. The lowest BCUT2D eigenvalue weighted by molar-refractivity contribution is -0.181. The Hall–Kier alpha value is -2.07. The summed E-state index contributed by atoms with van der Waals surface area (Å²) in [5.74, 6) is -11.8. The van der Waals surface area contributed by atoms with Crippen LogP contribution < -0.4 is 5.73 Å². The van der Waals surface area contributed by atoms with Crippen molar-refractivity contribution in [2.45, 2.75) is 30.2 Å². The van der Waals surface area contributed by atoms with Crippen molar-refractivity contribution in [3.05, 3.63) is 26.3 Å². The summed E-state index contributed by atoms with van der Waals surface area (Å²) in [6.45, 7) is 0. The molecule has 5 N–H and O–H groups in total. The number of nitrogens with zero attached hydrogens (tertiary/aromatic N) is 1. The molecule has 1 aromatic carbocycles. The molecule has 0 bridgehead atoms. The Morgan fingerprint density at radius 3 is 2.43 bits per heavy atom. The van der Waals surface area contributed by atoms with Crippen molar-refractivity contribution in [2.24, 2.45) is 29.4 Å². The molecule has 3 unspecified atom stereocenters. The van der Waals surface area contributed by atoms with Gasteiger partial charge in [0.15, 0.2) is 45.7 Å². The van der Waals surface area contributed by atoms with E-state index < -0.39 is 86.9 Å². The zero-order chi connectivity index (χ0) is 26.1. The van der Waals surface area contributed by atoms with E-state index in [-0.39, 0.29) is 24.0 Å². The molecule has 4 rings (SSSR count). The number of fused-ring (bicyclic) bond motifs is 3. The largest absolute Gasteiger partial charge is 0.507 e. The number of primary amides is 1. The Labute approximate surface area is 215 Å². The number of phenols is 1. The first-order chi connectivity index (χ1) is 16.2. The lowest BCUT2D eigenvalue weighted by atomic mass is 9.52. The Morgan fingerprint density at radius 2 is 1.89 bits per heavy atom. The highest BCUT2D eigenvalue weighted by Gasteiger charge is 2.69. The number of carbonyl (C=O) groups is 5. The monoisotopic (exact) mass is 618 g/mol. The molecule has 2 fully saturated rings. The summed E-state index contributed by atoms with van der Waals surface area (Å²) in [5.41, 5.74) is 2.80. The number of hydrogen-bond acceptors (Lipinski definition) is 9. The molecule has 35 heavy (non-hydrogen) atoms. The van der Waals surface area contributed by atoms with Crippen molar-refractivity contribution in [1.82, 2.24) is 4.90 Å². The fourth-order valence-electron chi connectivity index (χ4n) is 5.92. The van der Waals surface area contributed by atoms with E-state index in [1.54, 1.807) is 0 Å². The van der Waals surface area contributed by atoms with Gasteiger partial charge >= 0.3 is 0 Å². The van der Waals surface area contributed by atoms with Gasteiger partial charge in [0.05, 0.1) is 23.3 Å². The topological polar surface area (TPSA) is 192 Å². The van der Waals surface area contributed by atoms with Crippen LogP contribution in [0, 0.1) is 27.2 Å². The van der Waals surface area contributed by atoms with Gasteiger partial charge in [-0.15, -0.1) is 0 Å². The SMILES string of the molecule is CN(C)[C@@H]1C(=O)C(C(N)=O)C(=O)[C@@]2(O)C(=O)C3C(=O)c4c(O)c(CS(=O)O)cc(I)c4C[C@H]3C[C@@H]12. The number of rotatable bonds is 4. The predicted octanol–water partition coefficient (Wildman–Crippen LogP) is -0.807. The maximum absolute atomic E-state index is 13.7. The van der Waals surface area contributed by atoms with E-state index in [0.29, 0.717) is 9.13 Å². The molecule has 0 aliphatic heterocycles. The number of nitrogens with two attached hydrogens (primary N) is 1. The zero-order valence-electron chi connectivity index (χ0n) is 18.7. The van der Waals surface area contributed by atoms with Crippen LogP contribution in [0.5, 0.6) is 5.75 Å². The van der Waals surface area contributed by atoms with Crippen LogP contribution in [0.3, 0.4) is 0 Å². The number of ketones is 4. The minimum absolute atomic E-state index is 0.0385. The molecule has 0 spiro atoms. The molecule has 0 heterocycles. The van der Waals surface area contributed by atoms with Gasteiger partial charge in [-0.25, -0.2) is 4.21 Å². The second-order valence-electron chi connectivity index (χ2n) is 9.47. The van der Waals surface area contributed by atoms with Gasteiger partial charge in [-0.05, 0) is 67.1 Å². The predicted molar refractivity (Wildman–Crippen MR) is 129 cm³/mol. The molecule has 0 saturated heterocycles. The Morgan fingerprint density at radius 1 is 1.26 bits per heavy atom. The first-order valence-electron chi connectivity index (χ1n) is 10.7. The van der Waals surface area contributed by atoms with Crippen LogP contribution in [0.25, 0.3) is 0 Å². The average Bonchev–Trinajstić information content (AvgIpc) is 2.73. The van der Waals surface area contributed by atoms with E-state index in [4.69, 9.17) is 5.73 Å². The second kappa shape index (κ2) is 8.80. The van der Waals surface area contributed by atoms with Crippen LogP contribution in [0.4, 0.5) is 0 Å². The van der Waals surface area contributed by atoms with Crippen LogP contribution >= 0.6 is 22.6 Å². The van der Waals surface area contributed by atoms with Crippen LogP contribution in [-0.4, -0.2) is 78.7 Å². The van der Waals surface area contributed by atoms with Crippen molar-refractivity contribution in [3.8, 4) is 5.75 Å². The average molecular weight is 618 g/mol. The van der Waals surface area contributed by atoms with E-state index in [9.17, 15) is 42.9 Å². The molecule has 13 heteroatoms.